The van der Waals surface area contributed by atoms with Crippen LogP contribution >= 0.6 is 0 Å². The van der Waals surface area contributed by atoms with Gasteiger partial charge in [-0.05, 0) is 24.8 Å². The summed E-state index contributed by atoms with van der Waals surface area (Å²) in [6.07, 6.45) is 2.65. The van der Waals surface area contributed by atoms with E-state index in [9.17, 15) is 4.79 Å². The first-order chi connectivity index (χ1) is 6.66. The van der Waals surface area contributed by atoms with Crippen LogP contribution in [-0.4, -0.2) is 19.4 Å². The largest absolute Gasteiger partial charge is 0.437 e. The molecule has 0 radical (unpaired) electrons. The summed E-state index contributed by atoms with van der Waals surface area (Å²) in [6.45, 7) is 2.55. The summed E-state index contributed by atoms with van der Waals surface area (Å²) in [6, 6.07) is 3.60. The molecule has 0 amide bonds. The zero-order valence-corrected chi connectivity index (χ0v) is 8.62. The minimum absolute atomic E-state index is 0.0175. The molecule has 1 heterocycles. The van der Waals surface area contributed by atoms with Crippen LogP contribution in [0.15, 0.2) is 16.5 Å². The summed E-state index contributed by atoms with van der Waals surface area (Å²) < 4.78 is 5.41. The van der Waals surface area contributed by atoms with Gasteiger partial charge in [0.25, 0.3) is 0 Å². The van der Waals surface area contributed by atoms with Gasteiger partial charge < -0.3 is 9.32 Å². The van der Waals surface area contributed by atoms with Gasteiger partial charge in [-0.2, -0.15) is 0 Å². The summed E-state index contributed by atoms with van der Waals surface area (Å²) >= 11 is 0. The molecule has 0 aliphatic heterocycles. The molecule has 0 spiro atoms. The predicted octanol–water partition coefficient (Wildman–Crippen LogP) is 2.33. The third kappa shape index (κ3) is 1.97. The highest BCUT2D eigenvalue weighted by Gasteiger charge is 2.24. The number of Topliss-reactive ketones (excluding diaryl/α,β-unsaturated/α-hetero) is 1. The van der Waals surface area contributed by atoms with Gasteiger partial charge in [-0.15, -0.1) is 0 Å². The van der Waals surface area contributed by atoms with Crippen LogP contribution in [0.4, 0.5) is 5.88 Å². The van der Waals surface area contributed by atoms with Gasteiger partial charge in [0.15, 0.2) is 17.4 Å². The predicted molar refractivity (Wildman–Crippen MR) is 54.7 cm³/mol. The Labute approximate surface area is 83.7 Å². The Morgan fingerprint density at radius 1 is 1.57 bits per heavy atom. The summed E-state index contributed by atoms with van der Waals surface area (Å²) in [5.41, 5.74) is 0. The van der Waals surface area contributed by atoms with Crippen molar-refractivity contribution in [2.75, 3.05) is 18.5 Å². The summed E-state index contributed by atoms with van der Waals surface area (Å²) in [5, 5.41) is 0. The molecule has 0 aromatic carbocycles. The van der Waals surface area contributed by atoms with Crippen molar-refractivity contribution in [3.63, 3.8) is 0 Å². The highest BCUT2D eigenvalue weighted by molar-refractivity contribution is 5.91. The van der Waals surface area contributed by atoms with Gasteiger partial charge in [0.1, 0.15) is 0 Å². The second-order valence-electron chi connectivity index (χ2n) is 4.02. The Morgan fingerprint density at radius 3 is 2.79 bits per heavy atom. The molecule has 3 heteroatoms. The van der Waals surface area contributed by atoms with Crippen LogP contribution in [0.3, 0.4) is 0 Å². The molecule has 1 aromatic heterocycles. The van der Waals surface area contributed by atoms with E-state index in [-0.39, 0.29) is 5.78 Å². The van der Waals surface area contributed by atoms with E-state index in [0.29, 0.717) is 5.76 Å². The number of furan rings is 1. The quantitative estimate of drug-likeness (QED) is 0.688. The Morgan fingerprint density at radius 2 is 2.29 bits per heavy atom. The van der Waals surface area contributed by atoms with Crippen molar-refractivity contribution >= 4 is 11.7 Å². The van der Waals surface area contributed by atoms with Crippen LogP contribution in [0.5, 0.6) is 0 Å². The summed E-state index contributed by atoms with van der Waals surface area (Å²) in [4.78, 5) is 13.1. The molecule has 1 aromatic rings. The lowest BCUT2D eigenvalue weighted by atomic mass is 10.3. The standard InChI is InChI=1S/C11H15NO2/c1-8(13)10-5-6-11(14-10)12(2)7-9-3-4-9/h5-6,9H,3-4,7H2,1-2H3. The van der Waals surface area contributed by atoms with Crippen LogP contribution in [-0.2, 0) is 0 Å². The number of rotatable bonds is 4. The number of anilines is 1. The van der Waals surface area contributed by atoms with Crippen molar-refractivity contribution < 1.29 is 9.21 Å². The fourth-order valence-corrected chi connectivity index (χ4v) is 1.50. The van der Waals surface area contributed by atoms with E-state index in [1.54, 1.807) is 6.07 Å². The molecule has 3 nitrogen and oxygen atoms in total. The first kappa shape index (κ1) is 9.31. The Kier molecular flexibility index (Phi) is 2.32. The Balaban J connectivity index is 2.03. The maximum atomic E-state index is 11.0. The van der Waals surface area contributed by atoms with E-state index in [1.807, 2.05) is 13.1 Å². The number of carbonyl (C=O) groups excluding carboxylic acids is 1. The SMILES string of the molecule is CC(=O)c1ccc(N(C)CC2CC2)o1. The van der Waals surface area contributed by atoms with E-state index in [2.05, 4.69) is 4.90 Å². The normalized spacial score (nSPS) is 15.6. The van der Waals surface area contributed by atoms with Gasteiger partial charge in [-0.25, -0.2) is 0 Å². The smallest absolute Gasteiger partial charge is 0.196 e. The molecule has 1 fully saturated rings. The van der Waals surface area contributed by atoms with Crippen LogP contribution in [0.25, 0.3) is 0 Å². The number of hydrogen-bond donors (Lipinski definition) is 0. The van der Waals surface area contributed by atoms with Crippen molar-refractivity contribution in [2.24, 2.45) is 5.92 Å². The summed E-state index contributed by atoms with van der Waals surface area (Å²) in [5.74, 6) is 2.05. The van der Waals surface area contributed by atoms with Gasteiger partial charge >= 0.3 is 0 Å². The molecule has 0 N–H and O–H groups in total. The van der Waals surface area contributed by atoms with E-state index in [0.717, 1.165) is 18.3 Å². The number of nitrogens with zero attached hydrogens (tertiary/aromatic N) is 1. The topological polar surface area (TPSA) is 33.5 Å². The first-order valence-electron chi connectivity index (χ1n) is 4.98. The molecule has 2 rings (SSSR count). The molecular weight excluding hydrogens is 178 g/mol. The monoisotopic (exact) mass is 193 g/mol. The molecular formula is C11H15NO2. The lowest BCUT2D eigenvalue weighted by Crippen LogP contribution is -2.19. The van der Waals surface area contributed by atoms with E-state index >= 15 is 0 Å². The molecule has 76 valence electrons. The maximum absolute atomic E-state index is 11.0. The second-order valence-corrected chi connectivity index (χ2v) is 4.02. The van der Waals surface area contributed by atoms with Gasteiger partial charge in [0.2, 0.25) is 0 Å². The minimum atomic E-state index is -0.0175. The Hall–Kier alpha value is -1.25. The molecule has 0 unspecified atom stereocenters. The van der Waals surface area contributed by atoms with E-state index < -0.39 is 0 Å². The van der Waals surface area contributed by atoms with Gasteiger partial charge in [-0.3, -0.25) is 4.79 Å². The lowest BCUT2D eigenvalue weighted by molar-refractivity contribution is 0.0988. The van der Waals surface area contributed by atoms with Crippen molar-refractivity contribution in [3.8, 4) is 0 Å². The zero-order valence-electron chi connectivity index (χ0n) is 8.62. The minimum Gasteiger partial charge on any atom is -0.437 e. The second kappa shape index (κ2) is 3.48. The van der Waals surface area contributed by atoms with Crippen molar-refractivity contribution in [3.05, 3.63) is 17.9 Å². The summed E-state index contributed by atoms with van der Waals surface area (Å²) in [7, 11) is 2.00. The number of carbonyl (C=O) groups is 1. The lowest BCUT2D eigenvalue weighted by Gasteiger charge is -2.14. The molecule has 0 bridgehead atoms. The zero-order chi connectivity index (χ0) is 10.1. The fraction of sp³-hybridized carbons (Fsp3) is 0.545. The van der Waals surface area contributed by atoms with Gasteiger partial charge in [0.05, 0.1) is 0 Å². The van der Waals surface area contributed by atoms with Gasteiger partial charge in [0, 0.05) is 26.6 Å². The van der Waals surface area contributed by atoms with Gasteiger partial charge in [-0.1, -0.05) is 0 Å². The first-order valence-corrected chi connectivity index (χ1v) is 4.98. The number of ketones is 1. The molecule has 1 aliphatic rings. The van der Waals surface area contributed by atoms with Crippen molar-refractivity contribution in [1.29, 1.82) is 0 Å². The van der Waals surface area contributed by atoms with Crippen molar-refractivity contribution in [1.82, 2.24) is 0 Å². The third-order valence-corrected chi connectivity index (χ3v) is 2.54. The fourth-order valence-electron chi connectivity index (χ4n) is 1.50. The number of hydrogen-bond acceptors (Lipinski definition) is 3. The van der Waals surface area contributed by atoms with Crippen LogP contribution in [0.2, 0.25) is 0 Å². The van der Waals surface area contributed by atoms with E-state index in [4.69, 9.17) is 4.42 Å². The van der Waals surface area contributed by atoms with Crippen molar-refractivity contribution in [2.45, 2.75) is 19.8 Å². The maximum Gasteiger partial charge on any atom is 0.196 e. The third-order valence-electron chi connectivity index (χ3n) is 2.54. The highest BCUT2D eigenvalue weighted by atomic mass is 16.4. The average molecular weight is 193 g/mol. The molecule has 14 heavy (non-hydrogen) atoms. The van der Waals surface area contributed by atoms with Crippen LogP contribution in [0.1, 0.15) is 30.3 Å². The van der Waals surface area contributed by atoms with Crippen LogP contribution < -0.4 is 4.90 Å². The Bertz CT molecular complexity index is 339. The highest BCUT2D eigenvalue weighted by Crippen LogP contribution is 2.31. The molecule has 1 aliphatic carbocycles. The average Bonchev–Trinajstić information content (AvgIpc) is 2.81. The van der Waals surface area contributed by atoms with Crippen LogP contribution in [0, 0.1) is 5.92 Å². The molecule has 0 saturated heterocycles. The molecule has 1 saturated carbocycles. The molecule has 0 atom stereocenters. The van der Waals surface area contributed by atoms with E-state index in [1.165, 1.54) is 19.8 Å².